The van der Waals surface area contributed by atoms with Gasteiger partial charge in [-0.15, -0.1) is 0 Å². The quantitative estimate of drug-likeness (QED) is 0.535. The summed E-state index contributed by atoms with van der Waals surface area (Å²) in [7, 11) is 0. The molecule has 0 aliphatic carbocycles. The Morgan fingerprint density at radius 1 is 1.05 bits per heavy atom. The van der Waals surface area contributed by atoms with Crippen LogP contribution in [0.15, 0.2) is 24.3 Å². The molecule has 106 valence electrons. The number of rotatable bonds is 9. The summed E-state index contributed by atoms with van der Waals surface area (Å²) in [4.78, 5) is 11.5. The van der Waals surface area contributed by atoms with Crippen molar-refractivity contribution in [3.05, 3.63) is 29.8 Å². The van der Waals surface area contributed by atoms with Crippen molar-refractivity contribution in [2.24, 2.45) is 0 Å². The van der Waals surface area contributed by atoms with Crippen LogP contribution in [0, 0.1) is 0 Å². The lowest BCUT2D eigenvalue weighted by Crippen LogP contribution is -2.05. The number of carbonyl (C=O) groups excluding carboxylic acids is 1. The highest BCUT2D eigenvalue weighted by atomic mass is 16.5. The molecule has 0 fully saturated rings. The highest BCUT2D eigenvalue weighted by Gasteiger charge is 2.04. The lowest BCUT2D eigenvalue weighted by molar-refractivity contribution is 0.0526. The van der Waals surface area contributed by atoms with Gasteiger partial charge in [-0.1, -0.05) is 32.6 Å². The monoisotopic (exact) mass is 263 g/mol. The van der Waals surface area contributed by atoms with Crippen LogP contribution in [-0.2, 0) is 4.74 Å². The summed E-state index contributed by atoms with van der Waals surface area (Å²) >= 11 is 0. The average Bonchev–Trinajstić information content (AvgIpc) is 2.43. The summed E-state index contributed by atoms with van der Waals surface area (Å²) in [6.07, 6.45) is 6.40. The highest BCUT2D eigenvalue weighted by Crippen LogP contribution is 2.11. The van der Waals surface area contributed by atoms with Crippen LogP contribution in [-0.4, -0.2) is 19.1 Å². The molecular formula is C16H25NO2. The number of hydrogen-bond acceptors (Lipinski definition) is 3. The molecule has 1 rings (SSSR count). The van der Waals surface area contributed by atoms with E-state index in [-0.39, 0.29) is 5.97 Å². The van der Waals surface area contributed by atoms with E-state index < -0.39 is 0 Å². The molecule has 3 nitrogen and oxygen atoms in total. The molecule has 0 aliphatic heterocycles. The Morgan fingerprint density at radius 2 is 1.74 bits per heavy atom. The van der Waals surface area contributed by atoms with Gasteiger partial charge in [-0.25, -0.2) is 4.79 Å². The van der Waals surface area contributed by atoms with Crippen LogP contribution < -0.4 is 5.32 Å². The molecule has 0 aromatic heterocycles. The van der Waals surface area contributed by atoms with E-state index in [1.165, 1.54) is 32.1 Å². The summed E-state index contributed by atoms with van der Waals surface area (Å²) in [5, 5.41) is 3.37. The van der Waals surface area contributed by atoms with E-state index in [9.17, 15) is 4.79 Å². The molecule has 1 aromatic rings. The van der Waals surface area contributed by atoms with Gasteiger partial charge < -0.3 is 10.1 Å². The van der Waals surface area contributed by atoms with Crippen molar-refractivity contribution in [2.75, 3.05) is 18.5 Å². The SMILES string of the molecule is CCCCCCCNc1ccc(C(=O)OCC)cc1. The van der Waals surface area contributed by atoms with Gasteiger partial charge in [0.15, 0.2) is 0 Å². The molecule has 19 heavy (non-hydrogen) atoms. The van der Waals surface area contributed by atoms with Crippen LogP contribution in [0.5, 0.6) is 0 Å². The standard InChI is InChI=1S/C16H25NO2/c1-3-5-6-7-8-13-17-15-11-9-14(10-12-15)16(18)19-4-2/h9-12,17H,3-8,13H2,1-2H3. The topological polar surface area (TPSA) is 38.3 Å². The third-order valence-corrected chi connectivity index (χ3v) is 3.01. The molecule has 0 aliphatic rings. The summed E-state index contributed by atoms with van der Waals surface area (Å²) in [6.45, 7) is 5.44. The number of ether oxygens (including phenoxy) is 1. The molecule has 0 saturated carbocycles. The summed E-state index contributed by atoms with van der Waals surface area (Å²) in [6, 6.07) is 7.46. The summed E-state index contributed by atoms with van der Waals surface area (Å²) in [5.41, 5.74) is 1.67. The Balaban J connectivity index is 2.26. The van der Waals surface area contributed by atoms with Gasteiger partial charge in [-0.2, -0.15) is 0 Å². The minimum Gasteiger partial charge on any atom is -0.462 e. The van der Waals surface area contributed by atoms with Gasteiger partial charge in [0.1, 0.15) is 0 Å². The van der Waals surface area contributed by atoms with Crippen molar-refractivity contribution >= 4 is 11.7 Å². The molecule has 0 radical (unpaired) electrons. The predicted molar refractivity (Wildman–Crippen MR) is 79.6 cm³/mol. The molecule has 0 unspecified atom stereocenters. The Labute approximate surface area is 116 Å². The first-order valence-electron chi connectivity index (χ1n) is 7.29. The van der Waals surface area contributed by atoms with E-state index in [1.54, 1.807) is 12.1 Å². The predicted octanol–water partition coefficient (Wildman–Crippen LogP) is 4.25. The molecule has 0 spiro atoms. The Kier molecular flexibility index (Phi) is 7.71. The second kappa shape index (κ2) is 9.42. The zero-order chi connectivity index (χ0) is 13.9. The second-order valence-electron chi connectivity index (χ2n) is 4.64. The van der Waals surface area contributed by atoms with E-state index in [1.807, 2.05) is 19.1 Å². The van der Waals surface area contributed by atoms with Crippen LogP contribution in [0.25, 0.3) is 0 Å². The van der Waals surface area contributed by atoms with Gasteiger partial charge in [0.05, 0.1) is 12.2 Å². The number of hydrogen-bond donors (Lipinski definition) is 1. The number of nitrogens with one attached hydrogen (secondary N) is 1. The Bertz CT molecular complexity index is 360. The van der Waals surface area contributed by atoms with Crippen LogP contribution in [0.1, 0.15) is 56.3 Å². The third-order valence-electron chi connectivity index (χ3n) is 3.01. The molecule has 0 atom stereocenters. The van der Waals surface area contributed by atoms with Gasteiger partial charge in [0.25, 0.3) is 0 Å². The third kappa shape index (κ3) is 6.27. The summed E-state index contributed by atoms with van der Waals surface area (Å²) in [5.74, 6) is -0.256. The largest absolute Gasteiger partial charge is 0.462 e. The highest BCUT2D eigenvalue weighted by molar-refractivity contribution is 5.89. The number of unbranched alkanes of at least 4 members (excludes halogenated alkanes) is 4. The minimum absolute atomic E-state index is 0.256. The van der Waals surface area contributed by atoms with Gasteiger partial charge in [0.2, 0.25) is 0 Å². The molecule has 0 amide bonds. The maximum absolute atomic E-state index is 11.5. The first kappa shape index (κ1) is 15.5. The zero-order valence-electron chi connectivity index (χ0n) is 12.1. The van der Waals surface area contributed by atoms with E-state index in [4.69, 9.17) is 4.74 Å². The van der Waals surface area contributed by atoms with Crippen LogP contribution in [0.3, 0.4) is 0 Å². The van der Waals surface area contributed by atoms with Crippen molar-refractivity contribution in [1.29, 1.82) is 0 Å². The van der Waals surface area contributed by atoms with Gasteiger partial charge in [-0.05, 0) is 37.6 Å². The fraction of sp³-hybridized carbons (Fsp3) is 0.562. The van der Waals surface area contributed by atoms with Gasteiger partial charge in [-0.3, -0.25) is 0 Å². The summed E-state index contributed by atoms with van der Waals surface area (Å²) < 4.78 is 4.94. The fourth-order valence-electron chi connectivity index (χ4n) is 1.90. The lowest BCUT2D eigenvalue weighted by Gasteiger charge is -2.07. The normalized spacial score (nSPS) is 10.2. The first-order chi connectivity index (χ1) is 9.27. The maximum Gasteiger partial charge on any atom is 0.338 e. The van der Waals surface area contributed by atoms with Crippen LogP contribution >= 0.6 is 0 Å². The smallest absolute Gasteiger partial charge is 0.338 e. The molecule has 0 heterocycles. The van der Waals surface area contributed by atoms with Crippen molar-refractivity contribution < 1.29 is 9.53 Å². The molecule has 0 saturated heterocycles. The van der Waals surface area contributed by atoms with Crippen molar-refractivity contribution in [1.82, 2.24) is 0 Å². The molecule has 1 aromatic carbocycles. The van der Waals surface area contributed by atoms with Crippen molar-refractivity contribution in [3.8, 4) is 0 Å². The van der Waals surface area contributed by atoms with E-state index in [0.717, 1.165) is 12.2 Å². The number of carbonyl (C=O) groups is 1. The maximum atomic E-state index is 11.5. The second-order valence-corrected chi connectivity index (χ2v) is 4.64. The number of esters is 1. The van der Waals surface area contributed by atoms with Gasteiger partial charge in [0, 0.05) is 12.2 Å². The Morgan fingerprint density at radius 3 is 2.37 bits per heavy atom. The van der Waals surface area contributed by atoms with Crippen LogP contribution in [0.4, 0.5) is 5.69 Å². The first-order valence-corrected chi connectivity index (χ1v) is 7.29. The minimum atomic E-state index is -0.256. The Hall–Kier alpha value is -1.51. The average molecular weight is 263 g/mol. The number of benzene rings is 1. The molecular weight excluding hydrogens is 238 g/mol. The fourth-order valence-corrected chi connectivity index (χ4v) is 1.90. The molecule has 0 bridgehead atoms. The zero-order valence-corrected chi connectivity index (χ0v) is 12.1. The molecule has 3 heteroatoms. The van der Waals surface area contributed by atoms with Gasteiger partial charge >= 0.3 is 5.97 Å². The van der Waals surface area contributed by atoms with E-state index >= 15 is 0 Å². The van der Waals surface area contributed by atoms with Crippen LogP contribution in [0.2, 0.25) is 0 Å². The van der Waals surface area contributed by atoms with E-state index in [0.29, 0.717) is 12.2 Å². The van der Waals surface area contributed by atoms with Crippen molar-refractivity contribution in [3.63, 3.8) is 0 Å². The van der Waals surface area contributed by atoms with Crippen molar-refractivity contribution in [2.45, 2.75) is 46.0 Å². The molecule has 1 N–H and O–H groups in total. The lowest BCUT2D eigenvalue weighted by atomic mass is 10.1. The van der Waals surface area contributed by atoms with E-state index in [2.05, 4.69) is 12.2 Å². The number of anilines is 1.